The summed E-state index contributed by atoms with van der Waals surface area (Å²) in [6.45, 7) is 3.63. The Morgan fingerprint density at radius 3 is 3.05 bits per heavy atom. The van der Waals surface area contributed by atoms with Crippen molar-refractivity contribution in [3.63, 3.8) is 0 Å². The molecule has 1 aliphatic rings. The molecule has 1 amide bonds. The van der Waals surface area contributed by atoms with Crippen LogP contribution in [-0.2, 0) is 9.53 Å². The molecule has 0 aromatic heterocycles. The van der Waals surface area contributed by atoms with Gasteiger partial charge in [0.1, 0.15) is 5.82 Å². The molecule has 4 nitrogen and oxygen atoms in total. The van der Waals surface area contributed by atoms with Crippen LogP contribution < -0.4 is 10.6 Å². The molecule has 1 fully saturated rings. The Bertz CT molecular complexity index is 445. The van der Waals surface area contributed by atoms with Crippen molar-refractivity contribution in [1.82, 2.24) is 5.32 Å². The van der Waals surface area contributed by atoms with Gasteiger partial charge in [0.2, 0.25) is 5.91 Å². The number of rotatable bonds is 4. The highest BCUT2D eigenvalue weighted by atomic mass is 19.1. The molecule has 2 N–H and O–H groups in total. The minimum atomic E-state index is -0.363. The van der Waals surface area contributed by atoms with E-state index < -0.39 is 0 Å². The molecular weight excluding hydrogens is 247 g/mol. The van der Waals surface area contributed by atoms with Crippen molar-refractivity contribution >= 4 is 11.6 Å². The smallest absolute Gasteiger partial charge is 0.238 e. The van der Waals surface area contributed by atoms with Crippen LogP contribution in [0.4, 0.5) is 10.1 Å². The molecule has 0 radical (unpaired) electrons. The van der Waals surface area contributed by atoms with Crippen molar-refractivity contribution in [3.8, 4) is 0 Å². The summed E-state index contributed by atoms with van der Waals surface area (Å²) in [4.78, 5) is 11.8. The zero-order valence-electron chi connectivity index (χ0n) is 11.0. The third-order valence-electron chi connectivity index (χ3n) is 3.22. The molecule has 1 heterocycles. The van der Waals surface area contributed by atoms with Crippen LogP contribution in [0.3, 0.4) is 0 Å². The van der Waals surface area contributed by atoms with Crippen LogP contribution in [0.5, 0.6) is 0 Å². The van der Waals surface area contributed by atoms with Crippen molar-refractivity contribution in [1.29, 1.82) is 0 Å². The first kappa shape index (κ1) is 14.0. The van der Waals surface area contributed by atoms with Gasteiger partial charge < -0.3 is 15.4 Å². The van der Waals surface area contributed by atoms with Crippen LogP contribution >= 0.6 is 0 Å². The van der Waals surface area contributed by atoms with Gasteiger partial charge in [-0.05, 0) is 38.0 Å². The summed E-state index contributed by atoms with van der Waals surface area (Å²) in [5.74, 6) is -0.546. The largest absolute Gasteiger partial charge is 0.380 e. The van der Waals surface area contributed by atoms with E-state index in [2.05, 4.69) is 10.6 Å². The topological polar surface area (TPSA) is 50.4 Å². The van der Waals surface area contributed by atoms with E-state index in [1.165, 1.54) is 12.1 Å². The van der Waals surface area contributed by atoms with Crippen LogP contribution in [-0.4, -0.2) is 31.2 Å². The van der Waals surface area contributed by atoms with E-state index in [9.17, 15) is 9.18 Å². The summed E-state index contributed by atoms with van der Waals surface area (Å²) in [5.41, 5.74) is 0.314. The maximum absolute atomic E-state index is 13.0. The van der Waals surface area contributed by atoms with E-state index in [0.29, 0.717) is 12.3 Å². The van der Waals surface area contributed by atoms with Crippen LogP contribution in [0.15, 0.2) is 24.3 Å². The molecule has 0 aliphatic carbocycles. The number of nitrogens with one attached hydrogen (secondary N) is 2. The van der Waals surface area contributed by atoms with Gasteiger partial charge in [0, 0.05) is 17.8 Å². The Kier molecular flexibility index (Phi) is 4.50. The minimum Gasteiger partial charge on any atom is -0.380 e. The molecule has 0 spiro atoms. The summed E-state index contributed by atoms with van der Waals surface area (Å²) >= 11 is 0. The second-order valence-electron chi connectivity index (χ2n) is 5.13. The lowest BCUT2D eigenvalue weighted by Gasteiger charge is -2.34. The lowest BCUT2D eigenvalue weighted by Crippen LogP contribution is -2.51. The van der Waals surface area contributed by atoms with E-state index in [-0.39, 0.29) is 23.8 Å². The molecule has 1 saturated heterocycles. The second-order valence-corrected chi connectivity index (χ2v) is 5.13. The van der Waals surface area contributed by atoms with Crippen LogP contribution in [0, 0.1) is 5.82 Å². The molecule has 1 aliphatic heterocycles. The van der Waals surface area contributed by atoms with Crippen LogP contribution in [0.2, 0.25) is 0 Å². The maximum atomic E-state index is 13.0. The average Bonchev–Trinajstić information content (AvgIpc) is 2.38. The van der Waals surface area contributed by atoms with Crippen LogP contribution in [0.25, 0.3) is 0 Å². The Labute approximate surface area is 112 Å². The van der Waals surface area contributed by atoms with E-state index in [1.54, 1.807) is 12.1 Å². The Hall–Kier alpha value is -1.46. The molecule has 0 bridgehead atoms. The molecular formula is C14H19FN2O2. The van der Waals surface area contributed by atoms with Crippen molar-refractivity contribution in [2.75, 3.05) is 25.1 Å². The number of anilines is 1. The van der Waals surface area contributed by atoms with Crippen molar-refractivity contribution in [2.45, 2.75) is 25.3 Å². The quantitative estimate of drug-likeness (QED) is 0.875. The minimum absolute atomic E-state index is 0.155. The van der Waals surface area contributed by atoms with E-state index in [0.717, 1.165) is 19.4 Å². The number of amides is 1. The fraction of sp³-hybridized carbons (Fsp3) is 0.500. The monoisotopic (exact) mass is 266 g/mol. The Morgan fingerprint density at radius 2 is 2.37 bits per heavy atom. The van der Waals surface area contributed by atoms with Gasteiger partial charge in [0.25, 0.3) is 0 Å². The van der Waals surface area contributed by atoms with Crippen molar-refractivity contribution in [3.05, 3.63) is 30.1 Å². The summed E-state index contributed by atoms with van der Waals surface area (Å²) < 4.78 is 18.4. The average molecular weight is 266 g/mol. The van der Waals surface area contributed by atoms with Gasteiger partial charge >= 0.3 is 0 Å². The normalized spacial score (nSPS) is 23.1. The Balaban J connectivity index is 1.81. The van der Waals surface area contributed by atoms with E-state index in [1.807, 2.05) is 6.92 Å². The standard InChI is InChI=1S/C14H19FN2O2/c1-14(6-3-7-19-10-14)16-9-13(18)17-12-5-2-4-11(15)8-12/h2,4-5,8,16H,3,6-7,9-10H2,1H3,(H,17,18). The summed E-state index contributed by atoms with van der Waals surface area (Å²) in [5, 5.41) is 5.86. The zero-order valence-corrected chi connectivity index (χ0v) is 11.0. The lowest BCUT2D eigenvalue weighted by atomic mass is 9.95. The zero-order chi connectivity index (χ0) is 13.7. The van der Waals surface area contributed by atoms with Gasteiger partial charge in [0.15, 0.2) is 0 Å². The summed E-state index contributed by atoms with van der Waals surface area (Å²) in [6, 6.07) is 5.86. The number of ether oxygens (including phenoxy) is 1. The lowest BCUT2D eigenvalue weighted by molar-refractivity contribution is -0.116. The predicted octanol–water partition coefficient (Wildman–Crippen LogP) is 1.92. The maximum Gasteiger partial charge on any atom is 0.238 e. The van der Waals surface area contributed by atoms with Crippen molar-refractivity contribution in [2.24, 2.45) is 0 Å². The SMILES string of the molecule is CC1(NCC(=O)Nc2cccc(F)c2)CCCOC1. The van der Waals surface area contributed by atoms with Gasteiger partial charge in [0.05, 0.1) is 13.2 Å². The third kappa shape index (κ3) is 4.29. The highest BCUT2D eigenvalue weighted by Crippen LogP contribution is 2.17. The number of carbonyl (C=O) groups excluding carboxylic acids is 1. The number of halogens is 1. The van der Waals surface area contributed by atoms with Gasteiger partial charge in [-0.3, -0.25) is 4.79 Å². The number of hydrogen-bond acceptors (Lipinski definition) is 3. The Morgan fingerprint density at radius 1 is 1.53 bits per heavy atom. The molecule has 1 atom stereocenters. The van der Waals surface area contributed by atoms with Crippen LogP contribution in [0.1, 0.15) is 19.8 Å². The second kappa shape index (κ2) is 6.12. The van der Waals surface area contributed by atoms with Gasteiger partial charge in [-0.2, -0.15) is 0 Å². The molecule has 1 aromatic rings. The van der Waals surface area contributed by atoms with Gasteiger partial charge in [-0.25, -0.2) is 4.39 Å². The molecule has 5 heteroatoms. The number of carbonyl (C=O) groups is 1. The highest BCUT2D eigenvalue weighted by molar-refractivity contribution is 5.92. The first-order chi connectivity index (χ1) is 9.07. The number of hydrogen-bond donors (Lipinski definition) is 2. The van der Waals surface area contributed by atoms with Gasteiger partial charge in [-0.1, -0.05) is 6.07 Å². The summed E-state index contributed by atoms with van der Waals surface area (Å²) in [7, 11) is 0. The van der Waals surface area contributed by atoms with Crippen molar-refractivity contribution < 1.29 is 13.9 Å². The van der Waals surface area contributed by atoms with E-state index >= 15 is 0 Å². The fourth-order valence-electron chi connectivity index (χ4n) is 2.14. The predicted molar refractivity (Wildman–Crippen MR) is 71.5 cm³/mol. The molecule has 1 aromatic carbocycles. The first-order valence-electron chi connectivity index (χ1n) is 6.46. The molecule has 104 valence electrons. The highest BCUT2D eigenvalue weighted by Gasteiger charge is 2.27. The molecule has 19 heavy (non-hydrogen) atoms. The third-order valence-corrected chi connectivity index (χ3v) is 3.22. The molecule has 0 saturated carbocycles. The summed E-state index contributed by atoms with van der Waals surface area (Å²) in [6.07, 6.45) is 1.98. The molecule has 2 rings (SSSR count). The number of benzene rings is 1. The van der Waals surface area contributed by atoms with Gasteiger partial charge in [-0.15, -0.1) is 0 Å². The fourth-order valence-corrected chi connectivity index (χ4v) is 2.14. The first-order valence-corrected chi connectivity index (χ1v) is 6.46. The molecule has 1 unspecified atom stereocenters. The van der Waals surface area contributed by atoms with E-state index in [4.69, 9.17) is 4.74 Å².